The van der Waals surface area contributed by atoms with Crippen LogP contribution in [-0.2, 0) is 0 Å². The minimum atomic E-state index is 0.688. The lowest BCUT2D eigenvalue weighted by Gasteiger charge is -2.29. The highest BCUT2D eigenvalue weighted by Crippen LogP contribution is 2.28. The molecule has 0 aromatic carbocycles. The first kappa shape index (κ1) is 16.8. The number of H-pyrrole nitrogens is 1. The van der Waals surface area contributed by atoms with Crippen LogP contribution in [0.5, 0.6) is 0 Å². The van der Waals surface area contributed by atoms with E-state index in [2.05, 4.69) is 41.7 Å². The van der Waals surface area contributed by atoms with Gasteiger partial charge < -0.3 is 10.2 Å². The molecule has 0 aliphatic carbocycles. The van der Waals surface area contributed by atoms with Gasteiger partial charge in [-0.15, -0.1) is 5.10 Å². The Morgan fingerprint density at radius 2 is 1.86 bits per heavy atom. The summed E-state index contributed by atoms with van der Waals surface area (Å²) in [7, 11) is 0. The molecule has 2 N–H and O–H groups in total. The van der Waals surface area contributed by atoms with E-state index in [1.165, 1.54) is 0 Å². The third-order valence-electron chi connectivity index (χ3n) is 4.94. The number of pyridine rings is 3. The highest BCUT2D eigenvalue weighted by molar-refractivity contribution is 5.82. The second kappa shape index (κ2) is 6.97. The Morgan fingerprint density at radius 3 is 2.71 bits per heavy atom. The third kappa shape index (κ3) is 3.07. The zero-order valence-corrected chi connectivity index (χ0v) is 15.6. The zero-order valence-electron chi connectivity index (χ0n) is 15.6. The monoisotopic (exact) mass is 372 g/mol. The number of nitrogens with zero attached hydrogens (tertiary/aromatic N) is 6. The maximum Gasteiger partial charge on any atom is 0.140 e. The molecular formula is C20H20N8. The van der Waals surface area contributed by atoms with Crippen molar-refractivity contribution < 1.29 is 0 Å². The van der Waals surface area contributed by atoms with Gasteiger partial charge >= 0.3 is 0 Å². The molecule has 5 rings (SSSR count). The van der Waals surface area contributed by atoms with E-state index < -0.39 is 0 Å². The second-order valence-electron chi connectivity index (χ2n) is 6.86. The molecule has 1 aliphatic rings. The summed E-state index contributed by atoms with van der Waals surface area (Å²) in [4.78, 5) is 16.3. The smallest absolute Gasteiger partial charge is 0.140 e. The number of fused-ring (bicyclic) bond motifs is 1. The summed E-state index contributed by atoms with van der Waals surface area (Å²) >= 11 is 0. The summed E-state index contributed by atoms with van der Waals surface area (Å²) in [6, 6.07) is 11.9. The van der Waals surface area contributed by atoms with E-state index in [1.54, 1.807) is 0 Å². The van der Waals surface area contributed by atoms with Crippen LogP contribution in [0.1, 0.15) is 5.69 Å². The summed E-state index contributed by atoms with van der Waals surface area (Å²) in [6.07, 6.45) is 1.92. The number of piperazine rings is 1. The van der Waals surface area contributed by atoms with Crippen molar-refractivity contribution in [3.8, 4) is 22.8 Å². The van der Waals surface area contributed by atoms with Crippen LogP contribution in [0.2, 0.25) is 0 Å². The van der Waals surface area contributed by atoms with Crippen LogP contribution in [0.15, 0.2) is 42.6 Å². The highest BCUT2D eigenvalue weighted by atomic mass is 15.3. The van der Waals surface area contributed by atoms with Crippen molar-refractivity contribution in [1.82, 2.24) is 35.7 Å². The minimum absolute atomic E-state index is 0.688. The van der Waals surface area contributed by atoms with Gasteiger partial charge in [-0.25, -0.2) is 4.98 Å². The Hall–Kier alpha value is -3.39. The van der Waals surface area contributed by atoms with E-state index in [0.717, 1.165) is 65.7 Å². The van der Waals surface area contributed by atoms with Gasteiger partial charge in [0.15, 0.2) is 0 Å². The molecule has 4 aromatic rings. The van der Waals surface area contributed by atoms with E-state index in [9.17, 15) is 0 Å². The maximum atomic E-state index is 4.83. The predicted molar refractivity (Wildman–Crippen MR) is 108 cm³/mol. The fourth-order valence-electron chi connectivity index (χ4n) is 3.49. The summed E-state index contributed by atoms with van der Waals surface area (Å²) < 4.78 is 0. The third-order valence-corrected chi connectivity index (χ3v) is 4.94. The van der Waals surface area contributed by atoms with Crippen molar-refractivity contribution in [2.45, 2.75) is 6.92 Å². The van der Waals surface area contributed by atoms with Crippen molar-refractivity contribution in [3.05, 3.63) is 48.3 Å². The number of hydrogen-bond donors (Lipinski definition) is 2. The molecule has 1 fully saturated rings. The molecule has 0 saturated carbocycles. The molecule has 0 unspecified atom stereocenters. The molecule has 8 heteroatoms. The lowest BCUT2D eigenvalue weighted by atomic mass is 10.1. The Labute approximate surface area is 162 Å². The van der Waals surface area contributed by atoms with Gasteiger partial charge in [-0.05, 0) is 37.3 Å². The number of nitrogens with one attached hydrogen (secondary N) is 2. The van der Waals surface area contributed by atoms with Gasteiger partial charge in [0, 0.05) is 31.9 Å². The van der Waals surface area contributed by atoms with Crippen molar-refractivity contribution in [2.24, 2.45) is 0 Å². The van der Waals surface area contributed by atoms with Crippen LogP contribution >= 0.6 is 0 Å². The molecule has 28 heavy (non-hydrogen) atoms. The van der Waals surface area contributed by atoms with E-state index in [0.29, 0.717) is 5.69 Å². The van der Waals surface area contributed by atoms with Crippen LogP contribution in [0.3, 0.4) is 0 Å². The first-order chi connectivity index (χ1) is 13.8. The van der Waals surface area contributed by atoms with Gasteiger partial charge in [-0.3, -0.25) is 15.1 Å². The molecule has 0 amide bonds. The lowest BCUT2D eigenvalue weighted by Crippen LogP contribution is -2.43. The SMILES string of the molecule is Cc1cccc(-c2[nH]nnc2-c2ccc3ncc(N4CCNCC4)cc3n2)n1. The average Bonchev–Trinajstić information content (AvgIpc) is 3.23. The maximum absolute atomic E-state index is 4.83. The Bertz CT molecular complexity index is 1130. The second-order valence-corrected chi connectivity index (χ2v) is 6.86. The molecular weight excluding hydrogens is 352 g/mol. The standard InChI is InChI=1S/C20H20N8/c1-13-3-2-4-16(23-13)19-20(26-27-25-19)17-6-5-15-18(24-17)11-14(12-22-15)28-9-7-21-8-10-28/h2-6,11-12,21H,7-10H2,1H3,(H,25,26,27). The molecule has 0 radical (unpaired) electrons. The Morgan fingerprint density at radius 1 is 0.964 bits per heavy atom. The molecule has 5 heterocycles. The average molecular weight is 372 g/mol. The van der Waals surface area contributed by atoms with Crippen molar-refractivity contribution in [1.29, 1.82) is 0 Å². The first-order valence-corrected chi connectivity index (χ1v) is 9.36. The van der Waals surface area contributed by atoms with Gasteiger partial charge in [0.2, 0.25) is 0 Å². The summed E-state index contributed by atoms with van der Waals surface area (Å²) in [5, 5.41) is 14.6. The highest BCUT2D eigenvalue weighted by Gasteiger charge is 2.16. The number of aromatic nitrogens is 6. The summed E-state index contributed by atoms with van der Waals surface area (Å²) in [5.74, 6) is 0. The van der Waals surface area contributed by atoms with Gasteiger partial charge in [0.1, 0.15) is 11.4 Å². The number of anilines is 1. The van der Waals surface area contributed by atoms with E-state index in [-0.39, 0.29) is 0 Å². The molecule has 0 bridgehead atoms. The van der Waals surface area contributed by atoms with Crippen LogP contribution in [0, 0.1) is 6.92 Å². The van der Waals surface area contributed by atoms with Crippen LogP contribution in [0.25, 0.3) is 33.8 Å². The topological polar surface area (TPSA) is 95.5 Å². The van der Waals surface area contributed by atoms with Gasteiger partial charge in [-0.1, -0.05) is 11.3 Å². The predicted octanol–water partition coefficient (Wildman–Crippen LogP) is 2.19. The molecule has 4 aromatic heterocycles. The van der Waals surface area contributed by atoms with E-state index in [1.807, 2.05) is 43.5 Å². The summed E-state index contributed by atoms with van der Waals surface area (Å²) in [5.41, 5.74) is 6.75. The number of aromatic amines is 1. The van der Waals surface area contributed by atoms with Gasteiger partial charge in [-0.2, -0.15) is 0 Å². The zero-order chi connectivity index (χ0) is 18.9. The number of rotatable bonds is 3. The van der Waals surface area contributed by atoms with Crippen LogP contribution in [-0.4, -0.2) is 56.5 Å². The Balaban J connectivity index is 1.56. The molecule has 0 atom stereocenters. The lowest BCUT2D eigenvalue weighted by molar-refractivity contribution is 0.589. The quantitative estimate of drug-likeness (QED) is 0.569. The normalized spacial score (nSPS) is 14.5. The number of aryl methyl sites for hydroxylation is 1. The number of hydrogen-bond acceptors (Lipinski definition) is 7. The molecule has 1 saturated heterocycles. The van der Waals surface area contributed by atoms with E-state index in [4.69, 9.17) is 4.98 Å². The van der Waals surface area contributed by atoms with Crippen LogP contribution in [0.4, 0.5) is 5.69 Å². The fraction of sp³-hybridized carbons (Fsp3) is 0.250. The largest absolute Gasteiger partial charge is 0.368 e. The van der Waals surface area contributed by atoms with Gasteiger partial charge in [0.05, 0.1) is 34.3 Å². The summed E-state index contributed by atoms with van der Waals surface area (Å²) in [6.45, 7) is 5.87. The molecule has 0 spiro atoms. The van der Waals surface area contributed by atoms with E-state index >= 15 is 0 Å². The molecule has 140 valence electrons. The first-order valence-electron chi connectivity index (χ1n) is 9.36. The Kier molecular flexibility index (Phi) is 4.17. The molecule has 1 aliphatic heterocycles. The molecule has 8 nitrogen and oxygen atoms in total. The van der Waals surface area contributed by atoms with Crippen molar-refractivity contribution >= 4 is 16.7 Å². The van der Waals surface area contributed by atoms with Crippen LogP contribution < -0.4 is 10.2 Å². The fourth-order valence-corrected chi connectivity index (χ4v) is 3.49. The van der Waals surface area contributed by atoms with Crippen molar-refractivity contribution in [2.75, 3.05) is 31.1 Å². The minimum Gasteiger partial charge on any atom is -0.368 e. The van der Waals surface area contributed by atoms with Gasteiger partial charge in [0.25, 0.3) is 0 Å². The van der Waals surface area contributed by atoms with Crippen molar-refractivity contribution in [3.63, 3.8) is 0 Å².